The number of aromatic nitrogens is 2. The third-order valence-corrected chi connectivity index (χ3v) is 10.8. The smallest absolute Gasteiger partial charge is 0.0727 e. The zero-order valence-electron chi connectivity index (χ0n) is 25.5. The van der Waals surface area contributed by atoms with Crippen molar-refractivity contribution in [2.45, 2.75) is 0 Å². The van der Waals surface area contributed by atoms with Gasteiger partial charge in [0.25, 0.3) is 0 Å². The highest BCUT2D eigenvalue weighted by Gasteiger charge is 2.22. The first kappa shape index (κ1) is 26.3. The van der Waals surface area contributed by atoms with Crippen molar-refractivity contribution in [3.63, 3.8) is 0 Å². The average Bonchev–Trinajstić information content (AvgIpc) is 3.80. The van der Waals surface area contributed by atoms with Crippen molar-refractivity contribution < 1.29 is 0 Å². The van der Waals surface area contributed by atoms with Gasteiger partial charge in [0.15, 0.2) is 0 Å². The van der Waals surface area contributed by atoms with Gasteiger partial charge in [-0.25, -0.2) is 0 Å². The Morgan fingerprint density at radius 3 is 1.47 bits per heavy atom. The fourth-order valence-corrected chi connectivity index (χ4v) is 8.93. The van der Waals surface area contributed by atoms with Crippen molar-refractivity contribution >= 4 is 64.3 Å². The minimum absolute atomic E-state index is 1.17. The Bertz CT molecular complexity index is 2780. The largest absolute Gasteiger partial charge is 0.309 e. The number of hydrogen-bond acceptors (Lipinski definition) is 1. The Balaban J connectivity index is 1.28. The number of nitrogens with zero attached hydrogens (tertiary/aromatic N) is 2. The summed E-state index contributed by atoms with van der Waals surface area (Å²) in [6, 6.07) is 61.6. The molecule has 0 atom stereocenters. The van der Waals surface area contributed by atoms with Crippen LogP contribution in [-0.4, -0.2) is 9.13 Å². The molecule has 0 radical (unpaired) electrons. The Morgan fingerprint density at radius 1 is 0.298 bits per heavy atom. The molecule has 0 aliphatic carbocycles. The van der Waals surface area contributed by atoms with Crippen molar-refractivity contribution in [2.75, 3.05) is 0 Å². The third-order valence-electron chi connectivity index (χ3n) is 9.53. The van der Waals surface area contributed by atoms with E-state index in [4.69, 9.17) is 0 Å². The predicted octanol–water partition coefficient (Wildman–Crippen LogP) is 12.4. The fourth-order valence-electron chi connectivity index (χ4n) is 7.58. The van der Waals surface area contributed by atoms with Gasteiger partial charge in [-0.05, 0) is 47.5 Å². The maximum atomic E-state index is 2.44. The van der Waals surface area contributed by atoms with Gasteiger partial charge in [0, 0.05) is 48.7 Å². The van der Waals surface area contributed by atoms with E-state index >= 15 is 0 Å². The van der Waals surface area contributed by atoms with Crippen LogP contribution in [0.4, 0.5) is 0 Å². The summed E-state index contributed by atoms with van der Waals surface area (Å²) in [6.07, 6.45) is 0. The first-order valence-corrected chi connectivity index (χ1v) is 16.9. The molecule has 220 valence electrons. The van der Waals surface area contributed by atoms with Gasteiger partial charge in [-0.15, -0.1) is 11.3 Å². The van der Waals surface area contributed by atoms with E-state index in [1.54, 1.807) is 0 Å². The topological polar surface area (TPSA) is 9.86 Å². The molecule has 3 heterocycles. The average molecular weight is 617 g/mol. The summed E-state index contributed by atoms with van der Waals surface area (Å²) >= 11 is 1.91. The van der Waals surface area contributed by atoms with E-state index in [-0.39, 0.29) is 0 Å². The van der Waals surface area contributed by atoms with Crippen LogP contribution < -0.4 is 0 Å². The standard InChI is InChI=1S/C44H28N2S/c1-3-15-29(16-4-1)45-39-27-11-9-21-33(39)35-24-13-23-34(41(35)45)31-19-7-8-20-32(31)36-25-14-26-38-42-44(47-43(36)38)37-22-10-12-28-40(37)46(42)30-17-5-2-6-18-30/h1-28H. The summed E-state index contributed by atoms with van der Waals surface area (Å²) < 4.78 is 7.52. The second-order valence-electron chi connectivity index (χ2n) is 12.1. The van der Waals surface area contributed by atoms with Gasteiger partial charge in [-0.2, -0.15) is 0 Å². The molecule has 0 spiro atoms. The van der Waals surface area contributed by atoms with Crippen LogP contribution in [0.3, 0.4) is 0 Å². The fraction of sp³-hybridized carbons (Fsp3) is 0. The monoisotopic (exact) mass is 616 g/mol. The molecule has 0 N–H and O–H groups in total. The van der Waals surface area contributed by atoms with E-state index in [1.165, 1.54) is 86.6 Å². The molecular weight excluding hydrogens is 589 g/mol. The summed E-state index contributed by atoms with van der Waals surface area (Å²) in [4.78, 5) is 0. The summed E-state index contributed by atoms with van der Waals surface area (Å²) in [7, 11) is 0. The molecule has 0 amide bonds. The Hall–Kier alpha value is -5.90. The molecule has 10 aromatic rings. The first-order valence-electron chi connectivity index (χ1n) is 16.0. The second-order valence-corrected chi connectivity index (χ2v) is 13.1. The van der Waals surface area contributed by atoms with E-state index < -0.39 is 0 Å². The molecule has 0 unspecified atom stereocenters. The van der Waals surface area contributed by atoms with Gasteiger partial charge in [0.2, 0.25) is 0 Å². The Labute approximate surface area is 276 Å². The van der Waals surface area contributed by atoms with Crippen molar-refractivity contribution in [1.29, 1.82) is 0 Å². The van der Waals surface area contributed by atoms with Crippen LogP contribution in [0, 0.1) is 0 Å². The third kappa shape index (κ3) is 3.84. The molecular formula is C44H28N2S. The highest BCUT2D eigenvalue weighted by Crippen LogP contribution is 2.48. The van der Waals surface area contributed by atoms with Gasteiger partial charge in [0.05, 0.1) is 26.8 Å². The molecule has 0 bridgehead atoms. The highest BCUT2D eigenvalue weighted by molar-refractivity contribution is 7.27. The van der Waals surface area contributed by atoms with Crippen molar-refractivity contribution in [2.24, 2.45) is 0 Å². The number of thiophene rings is 1. The molecule has 10 rings (SSSR count). The molecule has 0 aliphatic rings. The maximum Gasteiger partial charge on any atom is 0.0727 e. The summed E-state index contributed by atoms with van der Waals surface area (Å²) in [5.74, 6) is 0. The lowest BCUT2D eigenvalue weighted by Crippen LogP contribution is -1.96. The Morgan fingerprint density at radius 2 is 0.766 bits per heavy atom. The molecule has 3 aromatic heterocycles. The summed E-state index contributed by atoms with van der Waals surface area (Å²) in [5.41, 5.74) is 12.3. The summed E-state index contributed by atoms with van der Waals surface area (Å²) in [6.45, 7) is 0. The lowest BCUT2D eigenvalue weighted by molar-refractivity contribution is 1.18. The molecule has 3 heteroatoms. The number of hydrogen-bond donors (Lipinski definition) is 0. The van der Waals surface area contributed by atoms with Crippen molar-refractivity contribution in [3.05, 3.63) is 170 Å². The second kappa shape index (κ2) is 10.3. The number of rotatable bonds is 4. The van der Waals surface area contributed by atoms with Crippen LogP contribution in [-0.2, 0) is 0 Å². The van der Waals surface area contributed by atoms with Crippen LogP contribution in [0.2, 0.25) is 0 Å². The van der Waals surface area contributed by atoms with Gasteiger partial charge >= 0.3 is 0 Å². The minimum Gasteiger partial charge on any atom is -0.309 e. The first-order chi connectivity index (χ1) is 23.4. The van der Waals surface area contributed by atoms with Gasteiger partial charge in [-0.3, -0.25) is 0 Å². The molecule has 0 saturated carbocycles. The summed E-state index contributed by atoms with van der Waals surface area (Å²) in [5, 5.41) is 5.11. The molecule has 47 heavy (non-hydrogen) atoms. The van der Waals surface area contributed by atoms with Crippen LogP contribution in [0.15, 0.2) is 170 Å². The number of benzene rings is 7. The van der Waals surface area contributed by atoms with Crippen molar-refractivity contribution in [3.8, 4) is 33.6 Å². The quantitative estimate of drug-likeness (QED) is 0.186. The molecule has 7 aromatic carbocycles. The lowest BCUT2D eigenvalue weighted by atomic mass is 9.92. The number of fused-ring (bicyclic) bond motifs is 8. The Kier molecular flexibility index (Phi) is 5.78. The normalized spacial score (nSPS) is 11.8. The molecule has 2 nitrogen and oxygen atoms in total. The molecule has 0 aliphatic heterocycles. The van der Waals surface area contributed by atoms with E-state index in [2.05, 4.69) is 179 Å². The molecule has 0 saturated heterocycles. The zero-order valence-corrected chi connectivity index (χ0v) is 26.3. The maximum absolute atomic E-state index is 2.44. The van der Waals surface area contributed by atoms with E-state index in [1.807, 2.05) is 11.3 Å². The van der Waals surface area contributed by atoms with Gasteiger partial charge < -0.3 is 9.13 Å². The van der Waals surface area contributed by atoms with E-state index in [9.17, 15) is 0 Å². The SMILES string of the molecule is c1ccc(-n2c3ccccc3c3cccc(-c4ccccc4-c4cccc5c4sc4c6ccccc6n(-c6ccccc6)c54)c32)cc1. The zero-order chi connectivity index (χ0) is 30.9. The van der Waals surface area contributed by atoms with Gasteiger partial charge in [-0.1, -0.05) is 133 Å². The minimum atomic E-state index is 1.17. The molecule has 0 fully saturated rings. The van der Waals surface area contributed by atoms with E-state index in [0.717, 1.165) is 0 Å². The van der Waals surface area contributed by atoms with Crippen LogP contribution in [0.25, 0.3) is 86.6 Å². The van der Waals surface area contributed by atoms with Crippen LogP contribution in [0.5, 0.6) is 0 Å². The predicted molar refractivity (Wildman–Crippen MR) is 201 cm³/mol. The number of para-hydroxylation sites is 5. The van der Waals surface area contributed by atoms with Crippen molar-refractivity contribution in [1.82, 2.24) is 9.13 Å². The van der Waals surface area contributed by atoms with Crippen LogP contribution >= 0.6 is 11.3 Å². The lowest BCUT2D eigenvalue weighted by Gasteiger charge is -2.15. The highest BCUT2D eigenvalue weighted by atomic mass is 32.1. The van der Waals surface area contributed by atoms with Gasteiger partial charge in [0.1, 0.15) is 0 Å². The van der Waals surface area contributed by atoms with E-state index in [0.29, 0.717) is 0 Å². The van der Waals surface area contributed by atoms with Crippen LogP contribution in [0.1, 0.15) is 0 Å².